The quantitative estimate of drug-likeness (QED) is 0.825. The zero-order valence-corrected chi connectivity index (χ0v) is 13.0. The fourth-order valence-electron chi connectivity index (χ4n) is 3.56. The van der Waals surface area contributed by atoms with E-state index in [0.717, 1.165) is 30.2 Å². The highest BCUT2D eigenvalue weighted by atomic mass is 16.3. The van der Waals surface area contributed by atoms with Gasteiger partial charge >= 0.3 is 0 Å². The molecule has 19 heavy (non-hydrogen) atoms. The first-order valence-electron chi connectivity index (χ1n) is 7.62. The van der Waals surface area contributed by atoms with E-state index in [9.17, 15) is 5.11 Å². The minimum atomic E-state index is -0.689. The van der Waals surface area contributed by atoms with Gasteiger partial charge in [-0.3, -0.25) is 0 Å². The van der Waals surface area contributed by atoms with E-state index >= 15 is 0 Å². The number of aryl methyl sites for hydroxylation is 2. The van der Waals surface area contributed by atoms with Crippen molar-refractivity contribution in [3.05, 3.63) is 34.9 Å². The number of benzene rings is 1. The van der Waals surface area contributed by atoms with E-state index in [4.69, 9.17) is 0 Å². The van der Waals surface area contributed by atoms with Gasteiger partial charge in [0.1, 0.15) is 0 Å². The number of hydrogen-bond donors (Lipinski definition) is 1. The molecule has 1 fully saturated rings. The predicted molar refractivity (Wildman–Crippen MR) is 81.2 cm³/mol. The molecule has 0 aromatic heterocycles. The van der Waals surface area contributed by atoms with Gasteiger partial charge in [-0.25, -0.2) is 0 Å². The Balaban J connectivity index is 2.26. The number of hydrogen-bond acceptors (Lipinski definition) is 1. The summed E-state index contributed by atoms with van der Waals surface area (Å²) in [5, 5.41) is 11.1. The van der Waals surface area contributed by atoms with Gasteiger partial charge in [-0.05, 0) is 56.9 Å². The Labute approximate surface area is 118 Å². The fourth-order valence-corrected chi connectivity index (χ4v) is 3.56. The van der Waals surface area contributed by atoms with E-state index < -0.39 is 5.60 Å². The largest absolute Gasteiger partial charge is 0.385 e. The number of rotatable bonds is 2. The average molecular weight is 260 g/mol. The van der Waals surface area contributed by atoms with Gasteiger partial charge in [0.2, 0.25) is 0 Å². The Bertz CT molecular complexity index is 427. The molecule has 0 heterocycles. The molecule has 1 aliphatic carbocycles. The van der Waals surface area contributed by atoms with Gasteiger partial charge < -0.3 is 5.11 Å². The summed E-state index contributed by atoms with van der Waals surface area (Å²) in [7, 11) is 0. The summed E-state index contributed by atoms with van der Waals surface area (Å²) >= 11 is 0. The third kappa shape index (κ3) is 3.02. The SMILES string of the molecule is Cc1cc(C)cc(C(C)(O)C2CCC(C)C(C)C2)c1. The maximum Gasteiger partial charge on any atom is 0.0896 e. The number of aliphatic hydroxyl groups is 1. The van der Waals surface area contributed by atoms with Crippen LogP contribution in [0.3, 0.4) is 0 Å². The monoisotopic (exact) mass is 260 g/mol. The van der Waals surface area contributed by atoms with Crippen molar-refractivity contribution < 1.29 is 5.11 Å². The molecule has 1 aliphatic rings. The van der Waals surface area contributed by atoms with Gasteiger partial charge in [0.25, 0.3) is 0 Å². The van der Waals surface area contributed by atoms with Crippen molar-refractivity contribution >= 4 is 0 Å². The molecule has 0 saturated heterocycles. The third-order valence-corrected chi connectivity index (χ3v) is 5.20. The van der Waals surface area contributed by atoms with E-state index in [2.05, 4.69) is 45.9 Å². The van der Waals surface area contributed by atoms with Crippen molar-refractivity contribution in [2.45, 2.75) is 59.5 Å². The molecular weight excluding hydrogens is 232 g/mol. The smallest absolute Gasteiger partial charge is 0.0896 e. The summed E-state index contributed by atoms with van der Waals surface area (Å²) < 4.78 is 0. The van der Waals surface area contributed by atoms with E-state index in [-0.39, 0.29) is 0 Å². The summed E-state index contributed by atoms with van der Waals surface area (Å²) in [5.41, 5.74) is 2.89. The van der Waals surface area contributed by atoms with Crippen molar-refractivity contribution in [1.29, 1.82) is 0 Å². The lowest BCUT2D eigenvalue weighted by Gasteiger charge is -2.41. The molecule has 1 saturated carbocycles. The lowest BCUT2D eigenvalue weighted by atomic mass is 9.68. The zero-order valence-electron chi connectivity index (χ0n) is 13.0. The van der Waals surface area contributed by atoms with E-state index in [1.54, 1.807) is 0 Å². The van der Waals surface area contributed by atoms with Crippen LogP contribution in [0.15, 0.2) is 18.2 Å². The predicted octanol–water partition coefficient (Wildman–Crippen LogP) is 4.58. The van der Waals surface area contributed by atoms with Gasteiger partial charge in [0.05, 0.1) is 5.60 Å². The van der Waals surface area contributed by atoms with Crippen LogP contribution in [-0.4, -0.2) is 5.11 Å². The highest BCUT2D eigenvalue weighted by Crippen LogP contribution is 2.43. The molecule has 2 rings (SSSR count). The summed E-state index contributed by atoms with van der Waals surface area (Å²) in [4.78, 5) is 0. The third-order valence-electron chi connectivity index (χ3n) is 5.20. The molecule has 1 aromatic carbocycles. The lowest BCUT2D eigenvalue weighted by Crippen LogP contribution is -2.37. The second-order valence-corrected chi connectivity index (χ2v) is 6.99. The standard InChI is InChI=1S/C18H28O/c1-12-8-13(2)10-17(9-12)18(5,19)16-7-6-14(3)15(4)11-16/h8-10,14-16,19H,6-7,11H2,1-5H3. The van der Waals surface area contributed by atoms with Crippen LogP contribution >= 0.6 is 0 Å². The zero-order chi connectivity index (χ0) is 14.2. The molecule has 0 radical (unpaired) electrons. The van der Waals surface area contributed by atoms with Crippen LogP contribution in [0.4, 0.5) is 0 Å². The fraction of sp³-hybridized carbons (Fsp3) is 0.667. The van der Waals surface area contributed by atoms with Crippen molar-refractivity contribution in [1.82, 2.24) is 0 Å². The van der Waals surface area contributed by atoms with Crippen LogP contribution in [-0.2, 0) is 5.60 Å². The van der Waals surface area contributed by atoms with Crippen LogP contribution in [0.25, 0.3) is 0 Å². The lowest BCUT2D eigenvalue weighted by molar-refractivity contribution is -0.0371. The molecule has 0 bridgehead atoms. The van der Waals surface area contributed by atoms with Crippen molar-refractivity contribution in [2.24, 2.45) is 17.8 Å². The molecule has 0 amide bonds. The van der Waals surface area contributed by atoms with Crippen molar-refractivity contribution in [3.63, 3.8) is 0 Å². The first-order valence-corrected chi connectivity index (χ1v) is 7.62. The van der Waals surface area contributed by atoms with Crippen LogP contribution in [0.1, 0.15) is 56.7 Å². The van der Waals surface area contributed by atoms with Crippen LogP contribution < -0.4 is 0 Å². The van der Waals surface area contributed by atoms with Crippen LogP contribution in [0.2, 0.25) is 0 Å². The second-order valence-electron chi connectivity index (χ2n) is 6.99. The highest BCUT2D eigenvalue weighted by molar-refractivity contribution is 5.32. The minimum Gasteiger partial charge on any atom is -0.385 e. The average Bonchev–Trinajstić information content (AvgIpc) is 2.31. The highest BCUT2D eigenvalue weighted by Gasteiger charge is 2.38. The van der Waals surface area contributed by atoms with Crippen LogP contribution in [0.5, 0.6) is 0 Å². The van der Waals surface area contributed by atoms with Crippen molar-refractivity contribution in [3.8, 4) is 0 Å². The molecule has 1 heteroatoms. The molecule has 1 nitrogen and oxygen atoms in total. The molecule has 1 N–H and O–H groups in total. The Morgan fingerprint density at radius 3 is 2.11 bits per heavy atom. The molecule has 1 aromatic rings. The summed E-state index contributed by atoms with van der Waals surface area (Å²) in [6.45, 7) is 10.9. The first kappa shape index (κ1) is 14.6. The Kier molecular flexibility index (Phi) is 4.06. The maximum absolute atomic E-state index is 11.1. The van der Waals surface area contributed by atoms with E-state index in [1.165, 1.54) is 17.5 Å². The summed E-state index contributed by atoms with van der Waals surface area (Å²) in [6.07, 6.45) is 3.53. The first-order chi connectivity index (χ1) is 8.80. The van der Waals surface area contributed by atoms with Gasteiger partial charge in [-0.1, -0.05) is 49.6 Å². The van der Waals surface area contributed by atoms with Gasteiger partial charge in [0.15, 0.2) is 0 Å². The molecular formula is C18H28O. The molecule has 4 unspecified atom stereocenters. The maximum atomic E-state index is 11.1. The normalized spacial score (nSPS) is 30.9. The van der Waals surface area contributed by atoms with Gasteiger partial charge in [-0.15, -0.1) is 0 Å². The minimum absolute atomic E-state index is 0.389. The molecule has 4 atom stereocenters. The Morgan fingerprint density at radius 1 is 1.00 bits per heavy atom. The molecule has 106 valence electrons. The Hall–Kier alpha value is -0.820. The van der Waals surface area contributed by atoms with Gasteiger partial charge in [-0.2, -0.15) is 0 Å². The van der Waals surface area contributed by atoms with E-state index in [1.807, 2.05) is 6.92 Å². The van der Waals surface area contributed by atoms with Gasteiger partial charge in [0, 0.05) is 0 Å². The van der Waals surface area contributed by atoms with Crippen LogP contribution in [0, 0.1) is 31.6 Å². The Morgan fingerprint density at radius 2 is 1.58 bits per heavy atom. The summed E-state index contributed by atoms with van der Waals surface area (Å²) in [5.74, 6) is 1.90. The van der Waals surface area contributed by atoms with E-state index in [0.29, 0.717) is 5.92 Å². The summed E-state index contributed by atoms with van der Waals surface area (Å²) in [6, 6.07) is 6.47. The topological polar surface area (TPSA) is 20.2 Å². The molecule has 0 aliphatic heterocycles. The second kappa shape index (κ2) is 5.28. The molecule has 0 spiro atoms. The van der Waals surface area contributed by atoms with Crippen molar-refractivity contribution in [2.75, 3.05) is 0 Å².